The van der Waals surface area contributed by atoms with Gasteiger partial charge in [-0.2, -0.15) is 5.01 Å². The molecular formula is C26H27N5O8. The fourth-order valence-electron chi connectivity index (χ4n) is 4.30. The van der Waals surface area contributed by atoms with Crippen molar-refractivity contribution in [3.05, 3.63) is 71.3 Å². The summed E-state index contributed by atoms with van der Waals surface area (Å²) in [4.78, 5) is 75.6. The van der Waals surface area contributed by atoms with Crippen molar-refractivity contribution in [2.24, 2.45) is 11.7 Å². The van der Waals surface area contributed by atoms with Crippen molar-refractivity contribution in [3.63, 3.8) is 0 Å². The van der Waals surface area contributed by atoms with Gasteiger partial charge in [0.25, 0.3) is 5.91 Å². The molecule has 3 rings (SSSR count). The first-order chi connectivity index (χ1) is 18.4. The van der Waals surface area contributed by atoms with Crippen LogP contribution in [0.1, 0.15) is 42.5 Å². The lowest BCUT2D eigenvalue weighted by Crippen LogP contribution is -2.59. The topological polar surface area (TPSA) is 211 Å². The highest BCUT2D eigenvalue weighted by molar-refractivity contribution is 6.06. The number of carbonyl (C=O) groups excluding carboxylic acids is 4. The van der Waals surface area contributed by atoms with E-state index < -0.39 is 60.0 Å². The standard InChI is InChI=1S/C26H27N5O8/c1-14(32)30(19(13-21(34)35)24(36)29-22(26(38)39)16-5-3-2-4-6-16)31-20(33)12-18(25(31)37)11-15-7-9-17(10-8-15)23(27)28/h2-10,18-19,22H,11-13H2,1H3,(H3,27,28)(H,29,36)(H,34,35)(H,38,39)/t18?,19-,22-/m0/s1. The maximum atomic E-state index is 13.3. The third kappa shape index (κ3) is 6.63. The maximum absolute atomic E-state index is 13.3. The number of nitrogen functional groups attached to an aromatic ring is 1. The number of hydrogen-bond acceptors (Lipinski definition) is 7. The molecule has 1 saturated heterocycles. The molecule has 1 fully saturated rings. The largest absolute Gasteiger partial charge is 0.481 e. The molecule has 0 saturated carbocycles. The summed E-state index contributed by atoms with van der Waals surface area (Å²) in [5, 5.41) is 29.8. The molecule has 13 heteroatoms. The number of carbonyl (C=O) groups is 6. The number of amides is 4. The quantitative estimate of drug-likeness (QED) is 0.153. The second-order valence-corrected chi connectivity index (χ2v) is 8.93. The molecule has 2 aromatic rings. The van der Waals surface area contributed by atoms with Crippen LogP contribution >= 0.6 is 0 Å². The molecule has 1 aliphatic heterocycles. The zero-order chi connectivity index (χ0) is 28.9. The minimum Gasteiger partial charge on any atom is -0.481 e. The van der Waals surface area contributed by atoms with Gasteiger partial charge in [0.1, 0.15) is 11.9 Å². The predicted octanol–water partition coefficient (Wildman–Crippen LogP) is 0.437. The summed E-state index contributed by atoms with van der Waals surface area (Å²) in [5.74, 6) is -7.78. The molecule has 1 heterocycles. The van der Waals surface area contributed by atoms with Crippen LogP contribution in [0.4, 0.5) is 0 Å². The highest BCUT2D eigenvalue weighted by atomic mass is 16.4. The summed E-state index contributed by atoms with van der Waals surface area (Å²) >= 11 is 0. The van der Waals surface area contributed by atoms with Crippen molar-refractivity contribution in [2.45, 2.75) is 38.3 Å². The van der Waals surface area contributed by atoms with E-state index in [1.165, 1.54) is 12.1 Å². The number of hydrazine groups is 1. The second-order valence-electron chi connectivity index (χ2n) is 8.93. The third-order valence-corrected chi connectivity index (χ3v) is 6.13. The van der Waals surface area contributed by atoms with Crippen molar-refractivity contribution in [1.82, 2.24) is 15.3 Å². The first-order valence-corrected chi connectivity index (χ1v) is 11.8. The number of aliphatic carboxylic acids is 2. The van der Waals surface area contributed by atoms with Gasteiger partial charge in [0.05, 0.1) is 12.3 Å². The van der Waals surface area contributed by atoms with Crippen molar-refractivity contribution in [2.75, 3.05) is 0 Å². The SMILES string of the molecule is CC(=O)N([C@@H](CC(=O)O)C(=O)N[C@H](C(=O)O)c1ccccc1)N1C(=O)CC(Cc2ccc(C(=N)N)cc2)C1=O. The molecule has 1 aliphatic rings. The van der Waals surface area contributed by atoms with Gasteiger partial charge in [-0.05, 0) is 17.5 Å². The number of carboxylic acid groups (broad SMARTS) is 2. The molecule has 0 aromatic heterocycles. The van der Waals surface area contributed by atoms with Crippen LogP contribution < -0.4 is 11.1 Å². The molecule has 0 bridgehead atoms. The number of hydrogen-bond donors (Lipinski definition) is 5. The van der Waals surface area contributed by atoms with Crippen LogP contribution in [0.25, 0.3) is 0 Å². The van der Waals surface area contributed by atoms with E-state index in [9.17, 15) is 39.0 Å². The Labute approximate surface area is 222 Å². The van der Waals surface area contributed by atoms with Gasteiger partial charge in [0.2, 0.25) is 17.7 Å². The van der Waals surface area contributed by atoms with E-state index in [1.807, 2.05) is 0 Å². The van der Waals surface area contributed by atoms with Gasteiger partial charge in [-0.1, -0.05) is 54.6 Å². The molecule has 2 aromatic carbocycles. The second kappa shape index (κ2) is 12.0. The molecule has 13 nitrogen and oxygen atoms in total. The predicted molar refractivity (Wildman–Crippen MR) is 135 cm³/mol. The summed E-state index contributed by atoms with van der Waals surface area (Å²) in [5.41, 5.74) is 6.75. The van der Waals surface area contributed by atoms with E-state index >= 15 is 0 Å². The normalized spacial score (nSPS) is 16.3. The van der Waals surface area contributed by atoms with Crippen LogP contribution in [0, 0.1) is 11.3 Å². The zero-order valence-electron chi connectivity index (χ0n) is 20.9. The summed E-state index contributed by atoms with van der Waals surface area (Å²) < 4.78 is 0. The first-order valence-electron chi connectivity index (χ1n) is 11.8. The number of rotatable bonds is 11. The fourth-order valence-corrected chi connectivity index (χ4v) is 4.30. The van der Waals surface area contributed by atoms with Gasteiger partial charge in [0.15, 0.2) is 6.04 Å². The van der Waals surface area contributed by atoms with Crippen LogP contribution in [0.15, 0.2) is 54.6 Å². The lowest BCUT2D eigenvalue weighted by molar-refractivity contribution is -0.176. The molecular weight excluding hydrogens is 510 g/mol. The average Bonchev–Trinajstić information content (AvgIpc) is 3.14. The molecule has 0 radical (unpaired) electrons. The van der Waals surface area contributed by atoms with Crippen molar-refractivity contribution < 1.29 is 39.0 Å². The fraction of sp³-hybridized carbons (Fsp3) is 0.269. The van der Waals surface area contributed by atoms with Gasteiger partial charge >= 0.3 is 11.9 Å². The molecule has 1 unspecified atom stereocenters. The van der Waals surface area contributed by atoms with Gasteiger partial charge in [-0.15, -0.1) is 0 Å². The summed E-state index contributed by atoms with van der Waals surface area (Å²) in [6.45, 7) is 0.961. The number of benzene rings is 2. The van der Waals surface area contributed by atoms with E-state index in [0.29, 0.717) is 21.1 Å². The Morgan fingerprint density at radius 2 is 1.69 bits per heavy atom. The molecule has 3 atom stereocenters. The van der Waals surface area contributed by atoms with Crippen LogP contribution in [0.2, 0.25) is 0 Å². The molecule has 204 valence electrons. The summed E-state index contributed by atoms with van der Waals surface area (Å²) in [7, 11) is 0. The van der Waals surface area contributed by atoms with Crippen molar-refractivity contribution in [1.29, 1.82) is 5.41 Å². The van der Waals surface area contributed by atoms with E-state index in [-0.39, 0.29) is 24.2 Å². The van der Waals surface area contributed by atoms with Gasteiger partial charge < -0.3 is 21.3 Å². The van der Waals surface area contributed by atoms with E-state index in [4.69, 9.17) is 11.1 Å². The molecule has 6 N–H and O–H groups in total. The Kier molecular flexibility index (Phi) is 8.76. The zero-order valence-corrected chi connectivity index (χ0v) is 20.9. The molecule has 39 heavy (non-hydrogen) atoms. The lowest BCUT2D eigenvalue weighted by atomic mass is 9.97. The van der Waals surface area contributed by atoms with Crippen LogP contribution in [0.5, 0.6) is 0 Å². The summed E-state index contributed by atoms with van der Waals surface area (Å²) in [6, 6.07) is 10.6. The minimum absolute atomic E-state index is 0.0931. The average molecular weight is 538 g/mol. The summed E-state index contributed by atoms with van der Waals surface area (Å²) in [6.07, 6.45) is -1.21. The Morgan fingerprint density at radius 1 is 1.08 bits per heavy atom. The Hall–Kier alpha value is -5.07. The van der Waals surface area contributed by atoms with Crippen LogP contribution in [-0.4, -0.2) is 67.7 Å². The smallest absolute Gasteiger partial charge is 0.330 e. The highest BCUT2D eigenvalue weighted by Gasteiger charge is 2.47. The van der Waals surface area contributed by atoms with E-state index in [2.05, 4.69) is 5.32 Å². The maximum Gasteiger partial charge on any atom is 0.330 e. The highest BCUT2D eigenvalue weighted by Crippen LogP contribution is 2.28. The monoisotopic (exact) mass is 537 g/mol. The molecule has 0 aliphatic carbocycles. The number of nitrogens with one attached hydrogen (secondary N) is 2. The number of nitrogens with two attached hydrogens (primary N) is 1. The van der Waals surface area contributed by atoms with Gasteiger partial charge in [-0.25, -0.2) is 9.80 Å². The number of imide groups is 1. The Bertz CT molecular complexity index is 1310. The third-order valence-electron chi connectivity index (χ3n) is 6.13. The van der Waals surface area contributed by atoms with E-state index in [0.717, 1.165) is 6.92 Å². The van der Waals surface area contributed by atoms with Crippen LogP contribution in [-0.2, 0) is 35.2 Å². The Balaban J connectivity index is 1.89. The first kappa shape index (κ1) is 28.5. The van der Waals surface area contributed by atoms with Crippen LogP contribution in [0.3, 0.4) is 0 Å². The number of amidine groups is 1. The van der Waals surface area contributed by atoms with Crippen molar-refractivity contribution in [3.8, 4) is 0 Å². The number of carboxylic acids is 2. The lowest BCUT2D eigenvalue weighted by Gasteiger charge is -2.35. The Morgan fingerprint density at radius 3 is 2.21 bits per heavy atom. The minimum atomic E-state index is -1.90. The van der Waals surface area contributed by atoms with E-state index in [1.54, 1.807) is 42.5 Å². The number of nitrogens with zero attached hydrogens (tertiary/aromatic N) is 2. The molecule has 0 spiro atoms. The van der Waals surface area contributed by atoms with Crippen molar-refractivity contribution >= 4 is 41.4 Å². The van der Waals surface area contributed by atoms with Gasteiger partial charge in [-0.3, -0.25) is 29.4 Å². The molecule has 4 amide bonds. The van der Waals surface area contributed by atoms with Gasteiger partial charge in [0, 0.05) is 18.9 Å².